The van der Waals surface area contributed by atoms with Crippen LogP contribution in [0.4, 0.5) is 11.4 Å². The number of hydrogen-bond acceptors (Lipinski definition) is 3. The number of amides is 2. The van der Waals surface area contributed by atoms with Crippen molar-refractivity contribution in [2.75, 3.05) is 17.3 Å². The zero-order valence-corrected chi connectivity index (χ0v) is 16.1. The Labute approximate surface area is 160 Å². The first-order valence-electron chi connectivity index (χ1n) is 7.94. The molecule has 130 valence electrons. The predicted octanol–water partition coefficient (Wildman–Crippen LogP) is 3.96. The Bertz CT molecular complexity index is 1020. The Hall–Kier alpha value is -2.91. The van der Waals surface area contributed by atoms with Gasteiger partial charge in [-0.15, -0.1) is 0 Å². The molecule has 0 atom stereocenters. The van der Waals surface area contributed by atoms with Gasteiger partial charge in [-0.2, -0.15) is 5.26 Å². The van der Waals surface area contributed by atoms with E-state index in [0.717, 1.165) is 15.6 Å². The first-order valence-corrected chi connectivity index (χ1v) is 8.73. The van der Waals surface area contributed by atoms with Gasteiger partial charge in [0.2, 0.25) is 0 Å². The molecule has 1 N–H and O–H groups in total. The molecule has 0 aromatic heterocycles. The molecular weight excluding hydrogens is 394 g/mol. The third-order valence-electron chi connectivity index (χ3n) is 4.34. The molecular formula is C20H16BrN3O2. The normalized spacial score (nSPS) is 14.7. The number of likely N-dealkylation sites (N-methyl/N-ethyl adjacent to an activating group) is 1. The Morgan fingerprint density at radius 2 is 1.92 bits per heavy atom. The summed E-state index contributed by atoms with van der Waals surface area (Å²) in [5, 5.41) is 12.4. The quantitative estimate of drug-likeness (QED) is 0.602. The second-order valence-electron chi connectivity index (χ2n) is 6.16. The number of fused-ring (bicyclic) bond motifs is 1. The molecule has 0 saturated carbocycles. The summed E-state index contributed by atoms with van der Waals surface area (Å²) in [4.78, 5) is 26.9. The van der Waals surface area contributed by atoms with E-state index in [2.05, 4.69) is 21.2 Å². The molecule has 6 heteroatoms. The first kappa shape index (κ1) is 17.9. The fourth-order valence-corrected chi connectivity index (χ4v) is 3.27. The Kier molecular flexibility index (Phi) is 4.66. The standard InChI is InChI=1S/C20H16BrN3O2/c1-11-4-5-12(2)16(8-11)23-19(25)15(10-22)18-14-9-13(21)6-7-17(14)24(3)20(18)26/h4-9H,1-3H3,(H,23,25)/b18-15-. The van der Waals surface area contributed by atoms with E-state index in [1.165, 1.54) is 4.90 Å². The number of nitrogens with one attached hydrogen (secondary N) is 1. The minimum Gasteiger partial charge on any atom is -0.321 e. The fraction of sp³-hybridized carbons (Fsp3) is 0.150. The van der Waals surface area contributed by atoms with Gasteiger partial charge in [0.15, 0.2) is 0 Å². The van der Waals surface area contributed by atoms with Crippen LogP contribution in [-0.2, 0) is 9.59 Å². The number of benzene rings is 2. The number of carbonyl (C=O) groups excluding carboxylic acids is 2. The third kappa shape index (κ3) is 3.02. The molecule has 0 fully saturated rings. The van der Waals surface area contributed by atoms with Crippen LogP contribution in [0.2, 0.25) is 0 Å². The van der Waals surface area contributed by atoms with Gasteiger partial charge in [-0.25, -0.2) is 0 Å². The van der Waals surface area contributed by atoms with Gasteiger partial charge in [-0.05, 0) is 49.2 Å². The van der Waals surface area contributed by atoms with Crippen LogP contribution in [0.3, 0.4) is 0 Å². The summed E-state index contributed by atoms with van der Waals surface area (Å²) >= 11 is 3.38. The number of halogens is 1. The Morgan fingerprint density at radius 3 is 2.62 bits per heavy atom. The maximum absolute atomic E-state index is 12.8. The van der Waals surface area contributed by atoms with E-state index in [1.807, 2.05) is 44.2 Å². The highest BCUT2D eigenvalue weighted by Crippen LogP contribution is 2.39. The lowest BCUT2D eigenvalue weighted by Gasteiger charge is -2.10. The van der Waals surface area contributed by atoms with Crippen LogP contribution in [0.15, 0.2) is 46.4 Å². The summed E-state index contributed by atoms with van der Waals surface area (Å²) in [6.45, 7) is 3.79. The lowest BCUT2D eigenvalue weighted by molar-refractivity contribution is -0.114. The molecule has 0 unspecified atom stereocenters. The second-order valence-corrected chi connectivity index (χ2v) is 7.08. The van der Waals surface area contributed by atoms with Crippen LogP contribution in [-0.4, -0.2) is 18.9 Å². The zero-order valence-electron chi connectivity index (χ0n) is 14.6. The van der Waals surface area contributed by atoms with Crippen molar-refractivity contribution < 1.29 is 9.59 Å². The molecule has 26 heavy (non-hydrogen) atoms. The number of anilines is 2. The van der Waals surface area contributed by atoms with Crippen LogP contribution < -0.4 is 10.2 Å². The van der Waals surface area contributed by atoms with Crippen LogP contribution in [0.5, 0.6) is 0 Å². The van der Waals surface area contributed by atoms with Crippen molar-refractivity contribution in [3.63, 3.8) is 0 Å². The summed E-state index contributed by atoms with van der Waals surface area (Å²) in [5.41, 5.74) is 3.65. The third-order valence-corrected chi connectivity index (χ3v) is 4.83. The maximum atomic E-state index is 12.8. The Balaban J connectivity index is 2.09. The summed E-state index contributed by atoms with van der Waals surface area (Å²) in [5.74, 6) is -0.962. The van der Waals surface area contributed by atoms with E-state index in [0.29, 0.717) is 16.9 Å². The van der Waals surface area contributed by atoms with Gasteiger partial charge in [-0.3, -0.25) is 9.59 Å². The monoisotopic (exact) mass is 409 g/mol. The van der Waals surface area contributed by atoms with Crippen molar-refractivity contribution in [2.24, 2.45) is 0 Å². The van der Waals surface area contributed by atoms with E-state index in [4.69, 9.17) is 0 Å². The summed E-state index contributed by atoms with van der Waals surface area (Å²) < 4.78 is 0.768. The fourth-order valence-electron chi connectivity index (χ4n) is 2.91. The van der Waals surface area contributed by atoms with Crippen molar-refractivity contribution in [1.29, 1.82) is 5.26 Å². The topological polar surface area (TPSA) is 73.2 Å². The summed E-state index contributed by atoms with van der Waals surface area (Å²) in [7, 11) is 1.62. The number of carbonyl (C=O) groups is 2. The predicted molar refractivity (Wildman–Crippen MR) is 105 cm³/mol. The minimum absolute atomic E-state index is 0.120. The summed E-state index contributed by atoms with van der Waals surface area (Å²) in [6, 6.07) is 12.9. The molecule has 2 aromatic rings. The number of aryl methyl sites for hydroxylation is 2. The van der Waals surface area contributed by atoms with Gasteiger partial charge in [0.25, 0.3) is 11.8 Å². The number of nitrogens with zero attached hydrogens (tertiary/aromatic N) is 2. The lowest BCUT2D eigenvalue weighted by Crippen LogP contribution is -2.23. The number of rotatable bonds is 2. The highest BCUT2D eigenvalue weighted by molar-refractivity contribution is 9.10. The van der Waals surface area contributed by atoms with E-state index >= 15 is 0 Å². The molecule has 0 aliphatic carbocycles. The molecule has 2 aromatic carbocycles. The molecule has 3 rings (SSSR count). The largest absolute Gasteiger partial charge is 0.321 e. The van der Waals surface area contributed by atoms with Crippen molar-refractivity contribution in [1.82, 2.24) is 0 Å². The average Bonchev–Trinajstić information content (AvgIpc) is 2.83. The molecule has 0 radical (unpaired) electrons. The molecule has 0 bridgehead atoms. The van der Waals surface area contributed by atoms with Crippen molar-refractivity contribution in [2.45, 2.75) is 13.8 Å². The van der Waals surface area contributed by atoms with E-state index in [1.54, 1.807) is 19.2 Å². The van der Waals surface area contributed by atoms with Gasteiger partial charge in [0.05, 0.1) is 11.3 Å². The van der Waals surface area contributed by atoms with Crippen molar-refractivity contribution >= 4 is 44.7 Å². The number of hydrogen-bond donors (Lipinski definition) is 1. The highest BCUT2D eigenvalue weighted by Gasteiger charge is 2.34. The first-order chi connectivity index (χ1) is 12.3. The van der Waals surface area contributed by atoms with Crippen LogP contribution in [0.1, 0.15) is 16.7 Å². The molecule has 2 amide bonds. The zero-order chi connectivity index (χ0) is 19.0. The minimum atomic E-state index is -0.592. The summed E-state index contributed by atoms with van der Waals surface area (Å²) in [6.07, 6.45) is 0. The smallest absolute Gasteiger partial charge is 0.267 e. The van der Waals surface area contributed by atoms with Gasteiger partial charge in [0, 0.05) is 22.8 Å². The molecule has 5 nitrogen and oxygen atoms in total. The van der Waals surface area contributed by atoms with Crippen LogP contribution in [0.25, 0.3) is 5.57 Å². The van der Waals surface area contributed by atoms with E-state index in [9.17, 15) is 14.9 Å². The van der Waals surface area contributed by atoms with Gasteiger partial charge < -0.3 is 10.2 Å². The van der Waals surface area contributed by atoms with Gasteiger partial charge in [0.1, 0.15) is 11.6 Å². The van der Waals surface area contributed by atoms with E-state index < -0.39 is 5.91 Å². The number of nitriles is 1. The molecule has 1 aliphatic rings. The van der Waals surface area contributed by atoms with E-state index in [-0.39, 0.29) is 17.1 Å². The van der Waals surface area contributed by atoms with Crippen LogP contribution >= 0.6 is 15.9 Å². The molecule has 1 aliphatic heterocycles. The van der Waals surface area contributed by atoms with Gasteiger partial charge in [-0.1, -0.05) is 28.1 Å². The molecule has 1 heterocycles. The molecule has 0 saturated heterocycles. The molecule has 0 spiro atoms. The van der Waals surface area contributed by atoms with Gasteiger partial charge >= 0.3 is 0 Å². The highest BCUT2D eigenvalue weighted by atomic mass is 79.9. The lowest BCUT2D eigenvalue weighted by atomic mass is 10.0. The van der Waals surface area contributed by atoms with Crippen molar-refractivity contribution in [3.05, 3.63) is 63.1 Å². The SMILES string of the molecule is Cc1ccc(C)c(NC(=O)/C(C#N)=C2\C(=O)N(C)c3ccc(Br)cc32)c1. The second kappa shape index (κ2) is 6.77. The van der Waals surface area contributed by atoms with Crippen molar-refractivity contribution in [3.8, 4) is 6.07 Å². The average molecular weight is 410 g/mol. The van der Waals surface area contributed by atoms with Crippen LogP contribution in [0, 0.1) is 25.2 Å². The Morgan fingerprint density at radius 1 is 1.19 bits per heavy atom. The maximum Gasteiger partial charge on any atom is 0.267 e.